The number of aliphatic hydroxyl groups excluding tert-OH is 2. The molecule has 4 atom stereocenters. The van der Waals surface area contributed by atoms with Crippen molar-refractivity contribution >= 4 is 0 Å². The molecule has 2 nitrogen and oxygen atoms in total. The van der Waals surface area contributed by atoms with Gasteiger partial charge in [-0.3, -0.25) is 0 Å². The van der Waals surface area contributed by atoms with E-state index in [4.69, 9.17) is 0 Å². The molecule has 2 aromatic rings. The molecule has 0 bridgehead atoms. The van der Waals surface area contributed by atoms with E-state index in [9.17, 15) is 10.2 Å². The quantitative estimate of drug-likeness (QED) is 0.843. The molecule has 0 saturated carbocycles. The Bertz CT molecular complexity index is 664. The normalized spacial score (nSPS) is 31.8. The van der Waals surface area contributed by atoms with Crippen molar-refractivity contribution in [1.82, 2.24) is 0 Å². The highest BCUT2D eigenvalue weighted by molar-refractivity contribution is 5.51. The first-order chi connectivity index (χ1) is 9.98. The zero-order valence-electron chi connectivity index (χ0n) is 12.7. The average Bonchev–Trinajstić information content (AvgIpc) is 2.51. The molecule has 2 heteroatoms. The number of hydrogen-bond acceptors (Lipinski definition) is 2. The van der Waals surface area contributed by atoms with Gasteiger partial charge in [0.05, 0.1) is 12.2 Å². The maximum absolute atomic E-state index is 10.8. The highest BCUT2D eigenvalue weighted by Gasteiger charge is 2.48. The molecule has 0 aliphatic heterocycles. The summed E-state index contributed by atoms with van der Waals surface area (Å²) in [6.45, 7) is 6.07. The van der Waals surface area contributed by atoms with Crippen molar-refractivity contribution in [3.63, 3.8) is 0 Å². The molecule has 0 fully saturated rings. The minimum absolute atomic E-state index is 0.0618. The van der Waals surface area contributed by atoms with E-state index < -0.39 is 17.6 Å². The minimum Gasteiger partial charge on any atom is -0.390 e. The maximum Gasteiger partial charge on any atom is 0.0939 e. The molecule has 0 spiro atoms. The minimum atomic E-state index is -0.816. The van der Waals surface area contributed by atoms with Crippen LogP contribution in [0.2, 0.25) is 0 Å². The van der Waals surface area contributed by atoms with Gasteiger partial charge in [0.15, 0.2) is 0 Å². The summed E-state index contributed by atoms with van der Waals surface area (Å²) in [6.07, 6.45) is -1.58. The molecule has 1 aliphatic carbocycles. The van der Waals surface area contributed by atoms with Gasteiger partial charge in [-0.25, -0.2) is 0 Å². The zero-order chi connectivity index (χ0) is 15.2. The van der Waals surface area contributed by atoms with Gasteiger partial charge < -0.3 is 10.2 Å². The van der Waals surface area contributed by atoms with Crippen LogP contribution in [0.5, 0.6) is 0 Å². The van der Waals surface area contributed by atoms with E-state index in [-0.39, 0.29) is 5.92 Å². The van der Waals surface area contributed by atoms with Crippen LogP contribution >= 0.6 is 0 Å². The van der Waals surface area contributed by atoms with Crippen LogP contribution in [0.3, 0.4) is 0 Å². The van der Waals surface area contributed by atoms with Crippen LogP contribution in [0, 0.1) is 6.92 Å². The standard InChI is InChI=1S/C19H22O2/c1-12-8-4-6-10-15(12)19(3)16-11-7-5-9-14(16)13(2)17(20)18(19)21/h4-11,13,17-18,20-21H,1-3H3/t13-,17+,18+,19+/m0/s1. The molecular weight excluding hydrogens is 260 g/mol. The molecule has 0 radical (unpaired) electrons. The predicted octanol–water partition coefficient (Wildman–Crippen LogP) is 3.14. The van der Waals surface area contributed by atoms with E-state index in [2.05, 4.69) is 31.2 Å². The second-order valence-corrected chi connectivity index (χ2v) is 6.33. The summed E-state index contributed by atoms with van der Waals surface area (Å²) in [5.74, 6) is -0.0618. The van der Waals surface area contributed by atoms with Crippen molar-refractivity contribution in [3.05, 3.63) is 70.8 Å². The Morgan fingerprint density at radius 3 is 2.14 bits per heavy atom. The van der Waals surface area contributed by atoms with Gasteiger partial charge >= 0.3 is 0 Å². The summed E-state index contributed by atoms with van der Waals surface area (Å²) in [7, 11) is 0. The lowest BCUT2D eigenvalue weighted by Crippen LogP contribution is -2.52. The molecule has 0 aromatic heterocycles. The summed E-state index contributed by atoms with van der Waals surface area (Å²) in [5, 5.41) is 21.4. The Balaban J connectivity index is 2.30. The Morgan fingerprint density at radius 1 is 0.905 bits per heavy atom. The molecule has 0 saturated heterocycles. The third kappa shape index (κ3) is 1.94. The second-order valence-electron chi connectivity index (χ2n) is 6.33. The summed E-state index contributed by atoms with van der Waals surface area (Å²) in [6, 6.07) is 16.2. The van der Waals surface area contributed by atoms with Crippen LogP contribution < -0.4 is 0 Å². The van der Waals surface area contributed by atoms with Crippen molar-refractivity contribution < 1.29 is 10.2 Å². The molecular formula is C19H22O2. The van der Waals surface area contributed by atoms with E-state index in [1.807, 2.05) is 38.1 Å². The number of aryl methyl sites for hydroxylation is 1. The monoisotopic (exact) mass is 282 g/mol. The van der Waals surface area contributed by atoms with E-state index in [0.29, 0.717) is 0 Å². The molecule has 0 heterocycles. The van der Waals surface area contributed by atoms with Gasteiger partial charge in [-0.15, -0.1) is 0 Å². The van der Waals surface area contributed by atoms with Gasteiger partial charge in [-0.2, -0.15) is 0 Å². The number of benzene rings is 2. The van der Waals surface area contributed by atoms with E-state index in [1.54, 1.807) is 0 Å². The van der Waals surface area contributed by atoms with E-state index in [1.165, 1.54) is 0 Å². The van der Waals surface area contributed by atoms with Gasteiger partial charge in [0.25, 0.3) is 0 Å². The summed E-state index contributed by atoms with van der Waals surface area (Å²) in [4.78, 5) is 0. The molecule has 21 heavy (non-hydrogen) atoms. The SMILES string of the molecule is Cc1ccccc1[C@]1(C)c2ccccc2[C@H](C)[C@@H](O)[C@H]1O. The summed E-state index contributed by atoms with van der Waals surface area (Å²) in [5.41, 5.74) is 3.87. The lowest BCUT2D eigenvalue weighted by atomic mass is 9.61. The van der Waals surface area contributed by atoms with Crippen LogP contribution in [0.15, 0.2) is 48.5 Å². The van der Waals surface area contributed by atoms with Crippen molar-refractivity contribution in [2.75, 3.05) is 0 Å². The summed E-state index contributed by atoms with van der Waals surface area (Å²) < 4.78 is 0. The number of rotatable bonds is 1. The first kappa shape index (κ1) is 14.3. The Kier molecular flexibility index (Phi) is 3.39. The molecule has 2 aromatic carbocycles. The molecule has 3 rings (SSSR count). The lowest BCUT2D eigenvalue weighted by molar-refractivity contribution is -0.0366. The van der Waals surface area contributed by atoms with Crippen LogP contribution in [0.25, 0.3) is 0 Å². The Hall–Kier alpha value is -1.64. The summed E-state index contributed by atoms with van der Waals surface area (Å²) >= 11 is 0. The largest absolute Gasteiger partial charge is 0.390 e. The predicted molar refractivity (Wildman–Crippen MR) is 84.5 cm³/mol. The number of hydrogen-bond donors (Lipinski definition) is 2. The molecule has 2 N–H and O–H groups in total. The number of aliphatic hydroxyl groups is 2. The van der Waals surface area contributed by atoms with Crippen molar-refractivity contribution in [2.24, 2.45) is 0 Å². The smallest absolute Gasteiger partial charge is 0.0939 e. The van der Waals surface area contributed by atoms with Gasteiger partial charge in [0, 0.05) is 11.3 Å². The topological polar surface area (TPSA) is 40.5 Å². The zero-order valence-corrected chi connectivity index (χ0v) is 12.7. The fourth-order valence-corrected chi connectivity index (χ4v) is 3.79. The molecule has 0 unspecified atom stereocenters. The third-order valence-corrected chi connectivity index (χ3v) is 5.14. The van der Waals surface area contributed by atoms with Gasteiger partial charge in [0.1, 0.15) is 0 Å². The molecule has 110 valence electrons. The highest BCUT2D eigenvalue weighted by atomic mass is 16.3. The molecule has 0 amide bonds. The van der Waals surface area contributed by atoms with Crippen LogP contribution in [0.1, 0.15) is 42.0 Å². The van der Waals surface area contributed by atoms with E-state index in [0.717, 1.165) is 22.3 Å². The van der Waals surface area contributed by atoms with Crippen molar-refractivity contribution in [1.29, 1.82) is 0 Å². The fourth-order valence-electron chi connectivity index (χ4n) is 3.79. The van der Waals surface area contributed by atoms with E-state index >= 15 is 0 Å². The van der Waals surface area contributed by atoms with Crippen LogP contribution in [-0.4, -0.2) is 22.4 Å². The first-order valence-electron chi connectivity index (χ1n) is 7.49. The molecule has 1 aliphatic rings. The van der Waals surface area contributed by atoms with Gasteiger partial charge in [0.2, 0.25) is 0 Å². The number of fused-ring (bicyclic) bond motifs is 1. The highest BCUT2D eigenvalue weighted by Crippen LogP contribution is 2.47. The second kappa shape index (κ2) is 4.97. The Morgan fingerprint density at radius 2 is 1.48 bits per heavy atom. The average molecular weight is 282 g/mol. The maximum atomic E-state index is 10.8. The first-order valence-corrected chi connectivity index (χ1v) is 7.49. The van der Waals surface area contributed by atoms with Gasteiger partial charge in [-0.05, 0) is 36.1 Å². The fraction of sp³-hybridized carbons (Fsp3) is 0.368. The van der Waals surface area contributed by atoms with Crippen molar-refractivity contribution in [3.8, 4) is 0 Å². The van der Waals surface area contributed by atoms with Gasteiger partial charge in [-0.1, -0.05) is 55.5 Å². The third-order valence-electron chi connectivity index (χ3n) is 5.14. The van der Waals surface area contributed by atoms with Crippen LogP contribution in [0.4, 0.5) is 0 Å². The lowest BCUT2D eigenvalue weighted by Gasteiger charge is -2.46. The van der Waals surface area contributed by atoms with Crippen LogP contribution in [-0.2, 0) is 5.41 Å². The van der Waals surface area contributed by atoms with Crippen molar-refractivity contribution in [2.45, 2.75) is 44.3 Å². The Labute approximate surface area is 126 Å².